The lowest BCUT2D eigenvalue weighted by Gasteiger charge is -2.50. The fraction of sp³-hybridized carbons (Fsp3) is 0.708. The summed E-state index contributed by atoms with van der Waals surface area (Å²) < 4.78 is 5.34. The van der Waals surface area contributed by atoms with Gasteiger partial charge in [-0.2, -0.15) is 0 Å². The van der Waals surface area contributed by atoms with Crippen LogP contribution in [0.4, 0.5) is 0 Å². The zero-order chi connectivity index (χ0) is 20.3. The van der Waals surface area contributed by atoms with Crippen LogP contribution in [0.1, 0.15) is 75.8 Å². The zero-order valence-corrected chi connectivity index (χ0v) is 17.8. The SMILES string of the molecule is COc1ccc([C@@H]2[C@@H]3CCCC[C@]3(O)CC[NH+]2CC(=O)NC2CCCCC2)cc1. The van der Waals surface area contributed by atoms with Crippen LogP contribution in [0.25, 0.3) is 0 Å². The largest absolute Gasteiger partial charge is 0.497 e. The van der Waals surface area contributed by atoms with E-state index in [2.05, 4.69) is 17.4 Å². The number of carbonyl (C=O) groups is 1. The van der Waals surface area contributed by atoms with Gasteiger partial charge in [-0.05, 0) is 49.9 Å². The molecule has 4 rings (SSSR count). The number of rotatable bonds is 5. The Bertz CT molecular complexity index is 686. The number of carbonyl (C=O) groups excluding carboxylic acids is 1. The molecule has 0 spiro atoms. The molecular formula is C24H37N2O3+. The van der Waals surface area contributed by atoms with E-state index >= 15 is 0 Å². The van der Waals surface area contributed by atoms with E-state index in [1.165, 1.54) is 36.1 Å². The summed E-state index contributed by atoms with van der Waals surface area (Å²) in [4.78, 5) is 14.2. The number of methoxy groups -OCH3 is 1. The minimum Gasteiger partial charge on any atom is -0.497 e. The second kappa shape index (κ2) is 9.05. The van der Waals surface area contributed by atoms with E-state index in [4.69, 9.17) is 4.74 Å². The van der Waals surface area contributed by atoms with E-state index < -0.39 is 5.60 Å². The van der Waals surface area contributed by atoms with Gasteiger partial charge in [0.15, 0.2) is 6.54 Å². The highest BCUT2D eigenvalue weighted by atomic mass is 16.5. The molecule has 0 bridgehead atoms. The van der Waals surface area contributed by atoms with E-state index in [0.717, 1.165) is 50.8 Å². The maximum absolute atomic E-state index is 12.9. The number of ether oxygens (including phenoxy) is 1. The molecule has 1 heterocycles. The van der Waals surface area contributed by atoms with Gasteiger partial charge in [-0.3, -0.25) is 4.79 Å². The maximum atomic E-state index is 12.9. The first-order chi connectivity index (χ1) is 14.1. The van der Waals surface area contributed by atoms with Gasteiger partial charge in [0.2, 0.25) is 0 Å². The van der Waals surface area contributed by atoms with Gasteiger partial charge in [0.05, 0.1) is 19.3 Å². The summed E-state index contributed by atoms with van der Waals surface area (Å²) in [5.74, 6) is 1.24. The highest BCUT2D eigenvalue weighted by Gasteiger charge is 2.51. The first-order valence-corrected chi connectivity index (χ1v) is 11.6. The Hall–Kier alpha value is -1.59. The third-order valence-corrected chi connectivity index (χ3v) is 7.62. The van der Waals surface area contributed by atoms with Crippen molar-refractivity contribution < 1.29 is 19.5 Å². The van der Waals surface area contributed by atoms with Crippen LogP contribution in [0.2, 0.25) is 0 Å². The van der Waals surface area contributed by atoms with Crippen molar-refractivity contribution in [1.82, 2.24) is 5.32 Å². The number of hydrogen-bond donors (Lipinski definition) is 3. The molecule has 5 heteroatoms. The van der Waals surface area contributed by atoms with Crippen LogP contribution >= 0.6 is 0 Å². The molecule has 3 aliphatic rings. The molecular weight excluding hydrogens is 364 g/mol. The van der Waals surface area contributed by atoms with Crippen LogP contribution < -0.4 is 15.0 Å². The summed E-state index contributed by atoms with van der Waals surface area (Å²) in [6, 6.07) is 8.78. The Balaban J connectivity index is 1.52. The van der Waals surface area contributed by atoms with Crippen LogP contribution in [-0.2, 0) is 4.79 Å². The quantitative estimate of drug-likeness (QED) is 0.710. The average Bonchev–Trinajstić information content (AvgIpc) is 2.74. The Morgan fingerprint density at radius 3 is 2.55 bits per heavy atom. The molecule has 2 saturated carbocycles. The molecule has 1 unspecified atom stereocenters. The summed E-state index contributed by atoms with van der Waals surface area (Å²) in [5, 5.41) is 14.7. The molecule has 3 N–H and O–H groups in total. The Kier molecular flexibility index (Phi) is 6.45. The van der Waals surface area contributed by atoms with Gasteiger partial charge < -0.3 is 20.1 Å². The van der Waals surface area contributed by atoms with Crippen molar-refractivity contribution >= 4 is 5.91 Å². The second-order valence-electron chi connectivity index (χ2n) is 9.44. The van der Waals surface area contributed by atoms with E-state index in [0.29, 0.717) is 12.6 Å². The molecule has 1 amide bonds. The van der Waals surface area contributed by atoms with Crippen molar-refractivity contribution in [3.05, 3.63) is 29.8 Å². The highest BCUT2D eigenvalue weighted by molar-refractivity contribution is 5.77. The second-order valence-corrected chi connectivity index (χ2v) is 9.44. The summed E-state index contributed by atoms with van der Waals surface area (Å²) >= 11 is 0. The van der Waals surface area contributed by atoms with Crippen LogP contribution in [0.15, 0.2) is 24.3 Å². The Morgan fingerprint density at radius 2 is 1.83 bits per heavy atom. The van der Waals surface area contributed by atoms with Crippen molar-refractivity contribution in [2.24, 2.45) is 5.92 Å². The molecule has 0 aromatic heterocycles. The predicted molar refractivity (Wildman–Crippen MR) is 113 cm³/mol. The smallest absolute Gasteiger partial charge is 0.275 e. The topological polar surface area (TPSA) is 63.0 Å². The number of amides is 1. The van der Waals surface area contributed by atoms with Crippen molar-refractivity contribution in [1.29, 1.82) is 0 Å². The van der Waals surface area contributed by atoms with Gasteiger partial charge >= 0.3 is 0 Å². The van der Waals surface area contributed by atoms with Gasteiger partial charge in [-0.1, -0.05) is 32.1 Å². The molecule has 3 fully saturated rings. The Morgan fingerprint density at radius 1 is 1.10 bits per heavy atom. The lowest BCUT2D eigenvalue weighted by atomic mass is 9.66. The van der Waals surface area contributed by atoms with E-state index in [-0.39, 0.29) is 17.9 Å². The Labute approximate surface area is 174 Å². The normalized spacial score (nSPS) is 33.0. The first-order valence-electron chi connectivity index (χ1n) is 11.6. The standard InChI is InChI=1S/C24H36N2O3/c1-29-20-12-10-18(11-13-20)23-21-9-5-6-14-24(21,28)15-16-26(23)17-22(27)25-19-7-3-2-4-8-19/h10-13,19,21,23,28H,2-9,14-17H2,1H3,(H,25,27)/p+1/t21-,23+,24-/m0/s1. The number of quaternary nitrogens is 1. The highest BCUT2D eigenvalue weighted by Crippen LogP contribution is 2.44. The van der Waals surface area contributed by atoms with Crippen LogP contribution in [-0.4, -0.2) is 42.9 Å². The molecule has 0 radical (unpaired) electrons. The number of likely N-dealkylation sites (tertiary alicyclic amines) is 1. The van der Waals surface area contributed by atoms with Crippen LogP contribution in [0.3, 0.4) is 0 Å². The van der Waals surface area contributed by atoms with Gasteiger partial charge in [-0.25, -0.2) is 0 Å². The summed E-state index contributed by atoms with van der Waals surface area (Å²) in [6.45, 7) is 1.35. The molecule has 1 aliphatic heterocycles. The lowest BCUT2D eigenvalue weighted by molar-refractivity contribution is -0.937. The molecule has 29 heavy (non-hydrogen) atoms. The summed E-state index contributed by atoms with van der Waals surface area (Å²) in [6.07, 6.45) is 11.0. The number of nitrogens with one attached hydrogen (secondary N) is 2. The van der Waals surface area contributed by atoms with Gasteiger partial charge in [0, 0.05) is 23.9 Å². The van der Waals surface area contributed by atoms with Crippen molar-refractivity contribution in [2.75, 3.05) is 20.2 Å². The number of aliphatic hydroxyl groups is 1. The first kappa shape index (κ1) is 20.7. The van der Waals surface area contributed by atoms with Crippen molar-refractivity contribution in [2.45, 2.75) is 81.9 Å². The summed E-state index contributed by atoms with van der Waals surface area (Å²) in [7, 11) is 1.68. The third-order valence-electron chi connectivity index (χ3n) is 7.62. The zero-order valence-electron chi connectivity index (χ0n) is 17.8. The van der Waals surface area contributed by atoms with Gasteiger partial charge in [0.1, 0.15) is 11.8 Å². The molecule has 1 aromatic carbocycles. The molecule has 4 atom stereocenters. The molecule has 160 valence electrons. The van der Waals surface area contributed by atoms with E-state index in [1.807, 2.05) is 12.1 Å². The van der Waals surface area contributed by atoms with E-state index in [9.17, 15) is 9.90 Å². The number of benzene rings is 1. The van der Waals surface area contributed by atoms with Crippen molar-refractivity contribution in [3.63, 3.8) is 0 Å². The molecule has 2 aliphatic carbocycles. The third kappa shape index (κ3) is 4.61. The van der Waals surface area contributed by atoms with E-state index in [1.54, 1.807) is 7.11 Å². The minimum absolute atomic E-state index is 0.164. The number of piperidine rings is 1. The monoisotopic (exact) mass is 401 g/mol. The van der Waals surface area contributed by atoms with Crippen LogP contribution in [0.5, 0.6) is 5.75 Å². The molecule has 5 nitrogen and oxygen atoms in total. The molecule has 1 aromatic rings. The minimum atomic E-state index is -0.577. The van der Waals surface area contributed by atoms with Gasteiger partial charge in [0.25, 0.3) is 5.91 Å². The fourth-order valence-corrected chi connectivity index (χ4v) is 6.06. The number of hydrogen-bond acceptors (Lipinski definition) is 3. The summed E-state index contributed by atoms with van der Waals surface area (Å²) in [5.41, 5.74) is 0.642. The molecule has 1 saturated heterocycles. The van der Waals surface area contributed by atoms with Crippen LogP contribution in [0, 0.1) is 5.92 Å². The maximum Gasteiger partial charge on any atom is 0.275 e. The number of fused-ring (bicyclic) bond motifs is 1. The average molecular weight is 402 g/mol. The van der Waals surface area contributed by atoms with Crippen molar-refractivity contribution in [3.8, 4) is 5.75 Å². The lowest BCUT2D eigenvalue weighted by Crippen LogP contribution is -3.16. The van der Waals surface area contributed by atoms with Gasteiger partial charge in [-0.15, -0.1) is 0 Å². The fourth-order valence-electron chi connectivity index (χ4n) is 6.06. The predicted octanol–water partition coefficient (Wildman–Crippen LogP) is 2.40.